The van der Waals surface area contributed by atoms with Gasteiger partial charge >= 0.3 is 0 Å². The Balaban J connectivity index is 2.36. The number of amidine groups is 1. The first-order valence-corrected chi connectivity index (χ1v) is 5.67. The molecule has 88 valence electrons. The molecule has 1 aromatic rings. The van der Waals surface area contributed by atoms with Crippen molar-refractivity contribution in [2.24, 2.45) is 5.73 Å². The van der Waals surface area contributed by atoms with Gasteiger partial charge in [-0.15, -0.1) is 0 Å². The molecule has 4 heteroatoms. The standard InChI is InChI=1S/C12H19N3O/c1-2-3-4-5-8-16-10-6-7-15-11(9-10)12(13)14/h6-7,9H,2-5,8H2,1H3,(H3,13,14). The molecule has 0 fully saturated rings. The quantitative estimate of drug-likeness (QED) is 0.421. The monoisotopic (exact) mass is 221 g/mol. The van der Waals surface area contributed by atoms with E-state index in [1.165, 1.54) is 19.3 Å². The Labute approximate surface area is 96.3 Å². The number of unbranched alkanes of at least 4 members (excludes halogenated alkanes) is 3. The Morgan fingerprint density at radius 1 is 1.44 bits per heavy atom. The second-order valence-electron chi connectivity index (χ2n) is 3.70. The molecule has 0 saturated heterocycles. The highest BCUT2D eigenvalue weighted by molar-refractivity contribution is 5.93. The van der Waals surface area contributed by atoms with E-state index < -0.39 is 0 Å². The number of rotatable bonds is 7. The van der Waals surface area contributed by atoms with E-state index in [0.29, 0.717) is 12.3 Å². The molecule has 0 radical (unpaired) electrons. The van der Waals surface area contributed by atoms with Crippen molar-refractivity contribution in [3.05, 3.63) is 24.0 Å². The first-order chi connectivity index (χ1) is 7.74. The average molecular weight is 221 g/mol. The van der Waals surface area contributed by atoms with E-state index in [-0.39, 0.29) is 5.84 Å². The first kappa shape index (κ1) is 12.5. The highest BCUT2D eigenvalue weighted by Crippen LogP contribution is 2.11. The van der Waals surface area contributed by atoms with Gasteiger partial charge in [0.15, 0.2) is 0 Å². The number of nitrogen functional groups attached to an aromatic ring is 1. The zero-order chi connectivity index (χ0) is 11.8. The molecule has 1 heterocycles. The van der Waals surface area contributed by atoms with Crippen molar-refractivity contribution in [3.8, 4) is 5.75 Å². The number of aromatic nitrogens is 1. The van der Waals surface area contributed by atoms with Crippen LogP contribution in [0.4, 0.5) is 0 Å². The molecule has 4 nitrogen and oxygen atoms in total. The van der Waals surface area contributed by atoms with Crippen LogP contribution >= 0.6 is 0 Å². The molecule has 0 aliphatic carbocycles. The average Bonchev–Trinajstić information content (AvgIpc) is 2.29. The fourth-order valence-corrected chi connectivity index (χ4v) is 1.37. The fourth-order valence-electron chi connectivity index (χ4n) is 1.37. The number of nitrogens with one attached hydrogen (secondary N) is 1. The predicted molar refractivity (Wildman–Crippen MR) is 64.9 cm³/mol. The van der Waals surface area contributed by atoms with Crippen LogP contribution in [0.15, 0.2) is 18.3 Å². The lowest BCUT2D eigenvalue weighted by molar-refractivity contribution is 0.304. The SMILES string of the molecule is CCCCCCOc1ccnc(C(=N)N)c1. The number of ether oxygens (including phenoxy) is 1. The topological polar surface area (TPSA) is 72.0 Å². The highest BCUT2D eigenvalue weighted by atomic mass is 16.5. The van der Waals surface area contributed by atoms with Gasteiger partial charge in [0.1, 0.15) is 17.3 Å². The summed E-state index contributed by atoms with van der Waals surface area (Å²) in [7, 11) is 0. The lowest BCUT2D eigenvalue weighted by Gasteiger charge is -2.06. The second kappa shape index (κ2) is 6.82. The van der Waals surface area contributed by atoms with Crippen LogP contribution in [0.5, 0.6) is 5.75 Å². The predicted octanol–water partition coefficient (Wildman–Crippen LogP) is 2.32. The van der Waals surface area contributed by atoms with Crippen LogP contribution in [0, 0.1) is 5.41 Å². The van der Waals surface area contributed by atoms with Gasteiger partial charge in [0.2, 0.25) is 0 Å². The molecule has 0 spiro atoms. The van der Waals surface area contributed by atoms with Crippen molar-refractivity contribution < 1.29 is 4.74 Å². The van der Waals surface area contributed by atoms with E-state index in [1.807, 2.05) is 0 Å². The Morgan fingerprint density at radius 2 is 2.25 bits per heavy atom. The summed E-state index contributed by atoms with van der Waals surface area (Å²) < 4.78 is 5.55. The molecule has 0 aliphatic rings. The molecule has 0 atom stereocenters. The fraction of sp³-hybridized carbons (Fsp3) is 0.500. The van der Waals surface area contributed by atoms with Gasteiger partial charge in [0.25, 0.3) is 0 Å². The van der Waals surface area contributed by atoms with Gasteiger partial charge in [-0.1, -0.05) is 26.2 Å². The van der Waals surface area contributed by atoms with Gasteiger partial charge in [-0.05, 0) is 12.5 Å². The summed E-state index contributed by atoms with van der Waals surface area (Å²) in [4.78, 5) is 3.97. The van der Waals surface area contributed by atoms with Gasteiger partial charge in [0, 0.05) is 12.3 Å². The maximum atomic E-state index is 7.26. The minimum atomic E-state index is -0.0311. The summed E-state index contributed by atoms with van der Waals surface area (Å²) in [6.45, 7) is 2.89. The molecule has 0 bridgehead atoms. The van der Waals surface area contributed by atoms with Crippen molar-refractivity contribution in [2.45, 2.75) is 32.6 Å². The molecule has 1 rings (SSSR count). The molecular weight excluding hydrogens is 202 g/mol. The third-order valence-electron chi connectivity index (χ3n) is 2.27. The van der Waals surface area contributed by atoms with E-state index in [9.17, 15) is 0 Å². The van der Waals surface area contributed by atoms with Crippen LogP contribution in [-0.2, 0) is 0 Å². The minimum absolute atomic E-state index is 0.0311. The third-order valence-corrected chi connectivity index (χ3v) is 2.27. The smallest absolute Gasteiger partial charge is 0.141 e. The van der Waals surface area contributed by atoms with E-state index in [1.54, 1.807) is 18.3 Å². The minimum Gasteiger partial charge on any atom is -0.493 e. The molecule has 0 aromatic carbocycles. The number of nitrogens with two attached hydrogens (primary N) is 1. The normalized spacial score (nSPS) is 10.1. The number of nitrogens with zero attached hydrogens (tertiary/aromatic N) is 1. The van der Waals surface area contributed by atoms with Gasteiger partial charge < -0.3 is 10.5 Å². The van der Waals surface area contributed by atoms with Gasteiger partial charge in [0.05, 0.1) is 6.61 Å². The van der Waals surface area contributed by atoms with Gasteiger partial charge in [-0.3, -0.25) is 10.4 Å². The van der Waals surface area contributed by atoms with E-state index in [4.69, 9.17) is 15.9 Å². The summed E-state index contributed by atoms with van der Waals surface area (Å²) in [5.74, 6) is 0.702. The second-order valence-corrected chi connectivity index (χ2v) is 3.70. The van der Waals surface area contributed by atoms with Gasteiger partial charge in [-0.2, -0.15) is 0 Å². The third kappa shape index (κ3) is 4.29. The molecule has 3 N–H and O–H groups in total. The van der Waals surface area contributed by atoms with Crippen LogP contribution in [0.2, 0.25) is 0 Å². The molecule has 0 amide bonds. The Morgan fingerprint density at radius 3 is 2.94 bits per heavy atom. The zero-order valence-corrected chi connectivity index (χ0v) is 9.70. The molecule has 1 aromatic heterocycles. The summed E-state index contributed by atoms with van der Waals surface area (Å²) >= 11 is 0. The number of hydrogen-bond acceptors (Lipinski definition) is 3. The lowest BCUT2D eigenvalue weighted by Crippen LogP contribution is -2.13. The van der Waals surface area contributed by atoms with E-state index in [0.717, 1.165) is 12.2 Å². The van der Waals surface area contributed by atoms with Crippen molar-refractivity contribution in [3.63, 3.8) is 0 Å². The van der Waals surface area contributed by atoms with Crippen LogP contribution in [0.1, 0.15) is 38.3 Å². The van der Waals surface area contributed by atoms with Gasteiger partial charge in [-0.25, -0.2) is 0 Å². The summed E-state index contributed by atoms with van der Waals surface area (Å²) in [6, 6.07) is 3.48. The Kier molecular flexibility index (Phi) is 5.32. The highest BCUT2D eigenvalue weighted by Gasteiger charge is 2.00. The van der Waals surface area contributed by atoms with Crippen LogP contribution < -0.4 is 10.5 Å². The number of pyridine rings is 1. The van der Waals surface area contributed by atoms with Crippen LogP contribution in [-0.4, -0.2) is 17.4 Å². The Bertz CT molecular complexity index is 339. The van der Waals surface area contributed by atoms with Crippen molar-refractivity contribution in [1.29, 1.82) is 5.41 Å². The summed E-state index contributed by atoms with van der Waals surface area (Å²) in [5.41, 5.74) is 5.81. The molecular formula is C12H19N3O. The van der Waals surface area contributed by atoms with Crippen molar-refractivity contribution in [1.82, 2.24) is 4.98 Å². The number of hydrogen-bond donors (Lipinski definition) is 2. The first-order valence-electron chi connectivity index (χ1n) is 5.67. The maximum Gasteiger partial charge on any atom is 0.141 e. The van der Waals surface area contributed by atoms with Crippen molar-refractivity contribution >= 4 is 5.84 Å². The molecule has 0 saturated carbocycles. The summed E-state index contributed by atoms with van der Waals surface area (Å²) in [6.07, 6.45) is 6.34. The maximum absolute atomic E-state index is 7.26. The largest absolute Gasteiger partial charge is 0.493 e. The lowest BCUT2D eigenvalue weighted by atomic mass is 10.2. The summed E-state index contributed by atoms with van der Waals surface area (Å²) in [5, 5.41) is 7.26. The van der Waals surface area contributed by atoms with Crippen LogP contribution in [0.3, 0.4) is 0 Å². The molecule has 0 unspecified atom stereocenters. The zero-order valence-electron chi connectivity index (χ0n) is 9.70. The Hall–Kier alpha value is -1.58. The molecule has 0 aliphatic heterocycles. The van der Waals surface area contributed by atoms with E-state index >= 15 is 0 Å². The van der Waals surface area contributed by atoms with Crippen molar-refractivity contribution in [2.75, 3.05) is 6.61 Å². The van der Waals surface area contributed by atoms with E-state index in [2.05, 4.69) is 11.9 Å². The van der Waals surface area contributed by atoms with Crippen LogP contribution in [0.25, 0.3) is 0 Å². The molecule has 16 heavy (non-hydrogen) atoms.